The number of ether oxygens (including phenoxy) is 2. The maximum atomic E-state index is 11.5. The average Bonchev–Trinajstić information content (AvgIpc) is 3.07. The summed E-state index contributed by atoms with van der Waals surface area (Å²) in [6.07, 6.45) is 1.29. The largest absolute Gasteiger partial charge is 0.465 e. The van der Waals surface area contributed by atoms with Gasteiger partial charge in [-0.2, -0.15) is 5.26 Å². The van der Waals surface area contributed by atoms with Gasteiger partial charge in [0.25, 0.3) is 0 Å². The minimum Gasteiger partial charge on any atom is -0.465 e. The first kappa shape index (κ1) is 16.0. The van der Waals surface area contributed by atoms with Crippen molar-refractivity contribution in [1.82, 2.24) is 0 Å². The van der Waals surface area contributed by atoms with E-state index >= 15 is 0 Å². The maximum Gasteiger partial charge on any atom is 0.348 e. The van der Waals surface area contributed by atoms with Crippen LogP contribution in [0.5, 0.6) is 0 Å². The average molecular weight is 311 g/mol. The zero-order chi connectivity index (χ0) is 16.8. The number of carbonyl (C=O) groups excluding carboxylic acids is 2. The normalized spacial score (nSPS) is 10.7. The predicted octanol–water partition coefficient (Wildman–Crippen LogP) is 2.81. The van der Waals surface area contributed by atoms with E-state index in [0.717, 1.165) is 0 Å². The lowest BCUT2D eigenvalue weighted by Gasteiger charge is -2.01. The molecule has 6 heteroatoms. The van der Waals surface area contributed by atoms with Gasteiger partial charge in [-0.05, 0) is 24.3 Å². The first-order chi connectivity index (χ1) is 11.1. The monoisotopic (exact) mass is 311 g/mol. The Morgan fingerprint density at radius 3 is 2.61 bits per heavy atom. The zero-order valence-corrected chi connectivity index (χ0v) is 12.5. The van der Waals surface area contributed by atoms with Gasteiger partial charge in [-0.15, -0.1) is 0 Å². The molecule has 0 radical (unpaired) electrons. The molecule has 0 amide bonds. The number of carbonyl (C=O) groups is 2. The zero-order valence-electron chi connectivity index (χ0n) is 12.5. The maximum absolute atomic E-state index is 11.5. The standard InChI is InChI=1S/C17H13NO5/c1-21-16(19)12-5-3-4-11(8-12)15-7-6-14(23-15)9-13(10-18)17(20)22-2/h3-9H,1-2H3. The molecule has 0 aliphatic rings. The van der Waals surface area contributed by atoms with Crippen molar-refractivity contribution in [2.24, 2.45) is 0 Å². The van der Waals surface area contributed by atoms with Gasteiger partial charge in [-0.1, -0.05) is 12.1 Å². The number of methoxy groups -OCH3 is 2. The van der Waals surface area contributed by atoms with Gasteiger partial charge in [0.1, 0.15) is 23.2 Å². The van der Waals surface area contributed by atoms with Crippen LogP contribution in [0.4, 0.5) is 0 Å². The summed E-state index contributed by atoms with van der Waals surface area (Å²) in [6.45, 7) is 0. The SMILES string of the molecule is COC(=O)C(C#N)=Cc1ccc(-c2cccc(C(=O)OC)c2)o1. The summed E-state index contributed by atoms with van der Waals surface area (Å²) in [4.78, 5) is 22.9. The first-order valence-electron chi connectivity index (χ1n) is 6.57. The van der Waals surface area contributed by atoms with Crippen LogP contribution in [0.25, 0.3) is 17.4 Å². The summed E-state index contributed by atoms with van der Waals surface area (Å²) in [5.74, 6) is -0.372. The van der Waals surface area contributed by atoms with E-state index in [-0.39, 0.29) is 5.57 Å². The molecule has 2 aromatic rings. The molecule has 0 bridgehead atoms. The number of esters is 2. The van der Waals surface area contributed by atoms with Gasteiger partial charge >= 0.3 is 11.9 Å². The lowest BCUT2D eigenvalue weighted by Crippen LogP contribution is -2.02. The van der Waals surface area contributed by atoms with Crippen molar-refractivity contribution in [3.05, 3.63) is 53.3 Å². The number of rotatable bonds is 4. The third kappa shape index (κ3) is 3.66. The highest BCUT2D eigenvalue weighted by Crippen LogP contribution is 2.24. The Kier molecular flexibility index (Phi) is 4.95. The van der Waals surface area contributed by atoms with E-state index < -0.39 is 11.9 Å². The van der Waals surface area contributed by atoms with Crippen LogP contribution in [-0.2, 0) is 14.3 Å². The van der Waals surface area contributed by atoms with E-state index in [1.165, 1.54) is 20.3 Å². The van der Waals surface area contributed by atoms with Gasteiger partial charge < -0.3 is 13.9 Å². The topological polar surface area (TPSA) is 89.5 Å². The van der Waals surface area contributed by atoms with Gasteiger partial charge in [0, 0.05) is 11.6 Å². The second-order valence-electron chi connectivity index (χ2n) is 4.44. The smallest absolute Gasteiger partial charge is 0.348 e. The Bertz CT molecular complexity index is 810. The summed E-state index contributed by atoms with van der Waals surface area (Å²) in [5, 5.41) is 8.93. The minimum absolute atomic E-state index is 0.170. The van der Waals surface area contributed by atoms with Gasteiger partial charge in [0.2, 0.25) is 0 Å². The molecule has 0 aliphatic heterocycles. The molecular weight excluding hydrogens is 298 g/mol. The number of furan rings is 1. The number of benzene rings is 1. The van der Waals surface area contributed by atoms with Gasteiger partial charge in [0.15, 0.2) is 0 Å². The molecule has 0 aliphatic carbocycles. The molecule has 0 fully saturated rings. The Labute approximate surface area is 132 Å². The van der Waals surface area contributed by atoms with Crippen molar-refractivity contribution in [3.63, 3.8) is 0 Å². The fraction of sp³-hybridized carbons (Fsp3) is 0.118. The number of hydrogen-bond acceptors (Lipinski definition) is 6. The van der Waals surface area contributed by atoms with Crippen molar-refractivity contribution >= 4 is 18.0 Å². The van der Waals surface area contributed by atoms with Crippen LogP contribution in [0.15, 0.2) is 46.4 Å². The predicted molar refractivity (Wildman–Crippen MR) is 81.1 cm³/mol. The molecule has 1 aromatic carbocycles. The number of nitrogens with zero attached hydrogens (tertiary/aromatic N) is 1. The highest BCUT2D eigenvalue weighted by molar-refractivity contribution is 5.97. The Balaban J connectivity index is 2.33. The highest BCUT2D eigenvalue weighted by atomic mass is 16.5. The lowest BCUT2D eigenvalue weighted by molar-refractivity contribution is -0.135. The summed E-state index contributed by atoms with van der Waals surface area (Å²) in [5.41, 5.74) is 0.895. The van der Waals surface area contributed by atoms with E-state index in [9.17, 15) is 9.59 Å². The summed E-state index contributed by atoms with van der Waals surface area (Å²) >= 11 is 0. The molecule has 0 atom stereocenters. The van der Waals surface area contributed by atoms with Crippen molar-refractivity contribution in [1.29, 1.82) is 5.26 Å². The van der Waals surface area contributed by atoms with Crippen molar-refractivity contribution in [2.75, 3.05) is 14.2 Å². The van der Waals surface area contributed by atoms with Crippen LogP contribution >= 0.6 is 0 Å². The Hall–Kier alpha value is -3.33. The molecular formula is C17H13NO5. The van der Waals surface area contributed by atoms with Crippen LogP contribution in [0, 0.1) is 11.3 Å². The van der Waals surface area contributed by atoms with Gasteiger partial charge in [-0.3, -0.25) is 0 Å². The Morgan fingerprint density at radius 1 is 1.17 bits per heavy atom. The highest BCUT2D eigenvalue weighted by Gasteiger charge is 2.12. The van der Waals surface area contributed by atoms with E-state index in [0.29, 0.717) is 22.6 Å². The van der Waals surface area contributed by atoms with Gasteiger partial charge in [-0.25, -0.2) is 9.59 Å². The molecule has 6 nitrogen and oxygen atoms in total. The second-order valence-corrected chi connectivity index (χ2v) is 4.44. The van der Waals surface area contributed by atoms with Crippen LogP contribution in [0.2, 0.25) is 0 Å². The fourth-order valence-corrected chi connectivity index (χ4v) is 1.89. The van der Waals surface area contributed by atoms with E-state index in [1.807, 2.05) is 0 Å². The minimum atomic E-state index is -0.738. The number of nitriles is 1. The molecule has 2 rings (SSSR count). The van der Waals surface area contributed by atoms with Crippen LogP contribution < -0.4 is 0 Å². The van der Waals surface area contributed by atoms with Crippen LogP contribution in [0.3, 0.4) is 0 Å². The third-order valence-corrected chi connectivity index (χ3v) is 3.01. The van der Waals surface area contributed by atoms with Crippen LogP contribution in [0.1, 0.15) is 16.1 Å². The third-order valence-electron chi connectivity index (χ3n) is 3.01. The molecule has 1 aromatic heterocycles. The molecule has 0 unspecified atom stereocenters. The second kappa shape index (κ2) is 7.09. The van der Waals surface area contributed by atoms with Crippen molar-refractivity contribution in [2.45, 2.75) is 0 Å². The van der Waals surface area contributed by atoms with Crippen LogP contribution in [-0.4, -0.2) is 26.2 Å². The molecule has 0 N–H and O–H groups in total. The first-order valence-corrected chi connectivity index (χ1v) is 6.57. The quantitative estimate of drug-likeness (QED) is 0.490. The summed E-state index contributed by atoms with van der Waals surface area (Å²) in [7, 11) is 2.50. The summed E-state index contributed by atoms with van der Waals surface area (Å²) < 4.78 is 14.7. The molecule has 0 saturated carbocycles. The van der Waals surface area contributed by atoms with E-state index in [2.05, 4.69) is 9.47 Å². The van der Waals surface area contributed by atoms with E-state index in [4.69, 9.17) is 9.68 Å². The molecule has 0 saturated heterocycles. The van der Waals surface area contributed by atoms with Gasteiger partial charge in [0.05, 0.1) is 19.8 Å². The molecule has 0 spiro atoms. The van der Waals surface area contributed by atoms with Crippen molar-refractivity contribution in [3.8, 4) is 17.4 Å². The molecule has 1 heterocycles. The molecule has 116 valence electrons. The number of hydrogen-bond donors (Lipinski definition) is 0. The van der Waals surface area contributed by atoms with Crippen molar-refractivity contribution < 1.29 is 23.5 Å². The Morgan fingerprint density at radius 2 is 1.96 bits per heavy atom. The lowest BCUT2D eigenvalue weighted by atomic mass is 10.1. The fourth-order valence-electron chi connectivity index (χ4n) is 1.89. The summed E-state index contributed by atoms with van der Waals surface area (Å²) in [6, 6.07) is 11.8. The molecule has 23 heavy (non-hydrogen) atoms. The van der Waals surface area contributed by atoms with E-state index in [1.54, 1.807) is 42.5 Å².